The third kappa shape index (κ3) is 7.50. The van der Waals surface area contributed by atoms with E-state index < -0.39 is 6.10 Å². The second-order valence-electron chi connectivity index (χ2n) is 7.83. The van der Waals surface area contributed by atoms with Gasteiger partial charge in [0.1, 0.15) is 5.75 Å². The molecule has 2 heterocycles. The monoisotopic (exact) mass is 545 g/mol. The van der Waals surface area contributed by atoms with Gasteiger partial charge in [0.25, 0.3) is 0 Å². The van der Waals surface area contributed by atoms with Gasteiger partial charge in [0.15, 0.2) is 5.96 Å². The number of hydrogen-bond donors (Lipinski definition) is 2. The molecular weight excluding hydrogens is 509 g/mol. The van der Waals surface area contributed by atoms with Gasteiger partial charge >= 0.3 is 0 Å². The fourth-order valence-corrected chi connectivity index (χ4v) is 3.91. The first-order valence-corrected chi connectivity index (χ1v) is 11.0. The topological polar surface area (TPSA) is 80.6 Å². The van der Waals surface area contributed by atoms with Crippen molar-refractivity contribution in [1.82, 2.24) is 20.0 Å². The molecule has 0 spiro atoms. The number of hydrogen-bond acceptors (Lipinski definition) is 5. The number of ether oxygens (including phenoxy) is 1. The number of nitrogens with one attached hydrogen (secondary N) is 1. The lowest BCUT2D eigenvalue weighted by atomic mass is 10.1. The average Bonchev–Trinajstić information content (AvgIpc) is 3.32. The largest absolute Gasteiger partial charge is 0.497 e. The Morgan fingerprint density at radius 1 is 1.10 bits per heavy atom. The Labute approximate surface area is 202 Å². The van der Waals surface area contributed by atoms with Crippen LogP contribution in [-0.4, -0.2) is 97.7 Å². The number of piperazine rings is 1. The van der Waals surface area contributed by atoms with Crippen molar-refractivity contribution < 1.29 is 14.6 Å². The second kappa shape index (κ2) is 13.1. The van der Waals surface area contributed by atoms with Crippen molar-refractivity contribution in [1.29, 1.82) is 0 Å². The van der Waals surface area contributed by atoms with Crippen LogP contribution < -0.4 is 10.1 Å². The van der Waals surface area contributed by atoms with Gasteiger partial charge in [0, 0.05) is 45.8 Å². The Kier molecular flexibility index (Phi) is 10.8. The molecule has 0 radical (unpaired) electrons. The van der Waals surface area contributed by atoms with Crippen LogP contribution in [0.3, 0.4) is 0 Å². The van der Waals surface area contributed by atoms with Crippen molar-refractivity contribution in [2.24, 2.45) is 4.99 Å². The van der Waals surface area contributed by atoms with Crippen LogP contribution in [0.4, 0.5) is 0 Å². The minimum absolute atomic E-state index is 0. The van der Waals surface area contributed by atoms with Crippen LogP contribution in [-0.2, 0) is 4.79 Å². The molecule has 1 aromatic rings. The first-order chi connectivity index (χ1) is 14.6. The zero-order valence-electron chi connectivity index (χ0n) is 18.6. The summed E-state index contributed by atoms with van der Waals surface area (Å²) in [5.41, 5.74) is 0.820. The van der Waals surface area contributed by atoms with E-state index in [0.717, 1.165) is 75.9 Å². The van der Waals surface area contributed by atoms with Gasteiger partial charge in [-0.3, -0.25) is 14.7 Å². The van der Waals surface area contributed by atoms with Crippen LogP contribution in [0.1, 0.15) is 31.4 Å². The molecule has 0 saturated carbocycles. The molecule has 9 heteroatoms. The molecule has 1 amide bonds. The Bertz CT molecular complexity index is 702. The van der Waals surface area contributed by atoms with Crippen molar-refractivity contribution in [2.75, 3.05) is 66.0 Å². The van der Waals surface area contributed by atoms with Gasteiger partial charge in [0.05, 0.1) is 26.3 Å². The van der Waals surface area contributed by atoms with E-state index in [1.807, 2.05) is 36.1 Å². The normalized spacial score (nSPS) is 18.5. The Balaban J connectivity index is 0.00000341. The van der Waals surface area contributed by atoms with Crippen molar-refractivity contribution >= 4 is 35.8 Å². The molecule has 1 atom stereocenters. The van der Waals surface area contributed by atoms with E-state index in [9.17, 15) is 9.90 Å². The fraction of sp³-hybridized carbons (Fsp3) is 0.636. The molecular formula is C22H36IN5O3. The number of nitrogens with zero attached hydrogens (tertiary/aromatic N) is 4. The van der Waals surface area contributed by atoms with Crippen LogP contribution in [0.25, 0.3) is 0 Å². The summed E-state index contributed by atoms with van der Waals surface area (Å²) in [7, 11) is 1.63. The molecule has 2 saturated heterocycles. The average molecular weight is 545 g/mol. The summed E-state index contributed by atoms with van der Waals surface area (Å²) in [6.45, 7) is 8.75. The summed E-state index contributed by atoms with van der Waals surface area (Å²) in [6.07, 6.45) is 1.60. The van der Waals surface area contributed by atoms with Crippen molar-refractivity contribution in [2.45, 2.75) is 25.9 Å². The first-order valence-electron chi connectivity index (χ1n) is 11.0. The first kappa shape index (κ1) is 25.7. The number of aliphatic hydroxyl groups is 1. The third-order valence-corrected chi connectivity index (χ3v) is 5.74. The van der Waals surface area contributed by atoms with E-state index >= 15 is 0 Å². The number of aliphatic imine (C=N–C) groups is 1. The second-order valence-corrected chi connectivity index (χ2v) is 7.83. The highest BCUT2D eigenvalue weighted by Crippen LogP contribution is 2.18. The summed E-state index contributed by atoms with van der Waals surface area (Å²) >= 11 is 0. The quantitative estimate of drug-likeness (QED) is 0.308. The number of carbonyl (C=O) groups is 1. The maximum Gasteiger partial charge on any atom is 0.236 e. The molecule has 2 aliphatic heterocycles. The van der Waals surface area contributed by atoms with Gasteiger partial charge in [-0.1, -0.05) is 12.1 Å². The van der Waals surface area contributed by atoms with E-state index in [2.05, 4.69) is 20.1 Å². The number of amides is 1. The zero-order chi connectivity index (χ0) is 21.3. The molecule has 0 aliphatic carbocycles. The van der Waals surface area contributed by atoms with E-state index in [-0.39, 0.29) is 29.9 Å². The van der Waals surface area contributed by atoms with Gasteiger partial charge in [-0.05, 0) is 37.5 Å². The molecule has 1 unspecified atom stereocenters. The molecule has 0 bridgehead atoms. The number of methoxy groups -OCH3 is 1. The van der Waals surface area contributed by atoms with Gasteiger partial charge in [-0.25, -0.2) is 0 Å². The van der Waals surface area contributed by atoms with Crippen LogP contribution >= 0.6 is 24.0 Å². The lowest BCUT2D eigenvalue weighted by molar-refractivity contribution is -0.131. The number of carbonyl (C=O) groups excluding carboxylic acids is 1. The highest BCUT2D eigenvalue weighted by atomic mass is 127. The SMILES string of the molecule is CCNC(=NCC(O)c1ccc(OC)cc1)N1CCN(CC(=O)N2CCCC2)CC1.I. The van der Waals surface area contributed by atoms with Crippen molar-refractivity contribution in [3.8, 4) is 5.75 Å². The number of aliphatic hydroxyl groups excluding tert-OH is 1. The Morgan fingerprint density at radius 2 is 1.74 bits per heavy atom. The summed E-state index contributed by atoms with van der Waals surface area (Å²) < 4.78 is 5.17. The predicted octanol–water partition coefficient (Wildman–Crippen LogP) is 1.55. The van der Waals surface area contributed by atoms with Crippen LogP contribution in [0.15, 0.2) is 29.3 Å². The van der Waals surface area contributed by atoms with Crippen molar-refractivity contribution in [3.63, 3.8) is 0 Å². The van der Waals surface area contributed by atoms with Crippen LogP contribution in [0, 0.1) is 0 Å². The van der Waals surface area contributed by atoms with Gasteiger partial charge in [-0.2, -0.15) is 0 Å². The molecule has 1 aromatic carbocycles. The maximum absolute atomic E-state index is 12.4. The molecule has 31 heavy (non-hydrogen) atoms. The molecule has 2 aliphatic rings. The standard InChI is InChI=1S/C22H35N5O3.HI/c1-3-23-22(24-16-20(28)18-6-8-19(30-2)9-7-18)27-14-12-25(13-15-27)17-21(29)26-10-4-5-11-26;/h6-9,20,28H,3-5,10-17H2,1-2H3,(H,23,24);1H. The van der Waals surface area contributed by atoms with E-state index in [4.69, 9.17) is 4.74 Å². The molecule has 8 nitrogen and oxygen atoms in total. The smallest absolute Gasteiger partial charge is 0.236 e. The van der Waals surface area contributed by atoms with Crippen LogP contribution in [0.2, 0.25) is 0 Å². The van der Waals surface area contributed by atoms with E-state index in [1.165, 1.54) is 0 Å². The van der Waals surface area contributed by atoms with Crippen LogP contribution in [0.5, 0.6) is 5.75 Å². The summed E-state index contributed by atoms with van der Waals surface area (Å²) in [5.74, 6) is 1.84. The lowest BCUT2D eigenvalue weighted by Gasteiger charge is -2.36. The zero-order valence-corrected chi connectivity index (χ0v) is 21.0. The fourth-order valence-electron chi connectivity index (χ4n) is 3.91. The minimum Gasteiger partial charge on any atom is -0.497 e. The number of benzene rings is 1. The summed E-state index contributed by atoms with van der Waals surface area (Å²) in [6, 6.07) is 7.41. The molecule has 2 fully saturated rings. The van der Waals surface area contributed by atoms with E-state index in [1.54, 1.807) is 7.11 Å². The van der Waals surface area contributed by atoms with Crippen molar-refractivity contribution in [3.05, 3.63) is 29.8 Å². The highest BCUT2D eigenvalue weighted by molar-refractivity contribution is 14.0. The molecule has 2 N–H and O–H groups in total. The summed E-state index contributed by atoms with van der Waals surface area (Å²) in [5, 5.41) is 13.8. The molecule has 0 aromatic heterocycles. The highest BCUT2D eigenvalue weighted by Gasteiger charge is 2.24. The van der Waals surface area contributed by atoms with E-state index in [0.29, 0.717) is 13.1 Å². The van der Waals surface area contributed by atoms with Gasteiger partial charge < -0.3 is 25.0 Å². The Hall–Kier alpha value is -1.59. The number of rotatable bonds is 7. The predicted molar refractivity (Wildman–Crippen MR) is 133 cm³/mol. The summed E-state index contributed by atoms with van der Waals surface area (Å²) in [4.78, 5) is 23.5. The maximum atomic E-state index is 12.4. The number of halogens is 1. The Morgan fingerprint density at radius 3 is 2.32 bits per heavy atom. The molecule has 174 valence electrons. The van der Waals surface area contributed by atoms with Gasteiger partial charge in [0.2, 0.25) is 5.91 Å². The number of guanidine groups is 1. The third-order valence-electron chi connectivity index (χ3n) is 5.74. The van der Waals surface area contributed by atoms with Gasteiger partial charge in [-0.15, -0.1) is 24.0 Å². The number of likely N-dealkylation sites (tertiary alicyclic amines) is 1. The molecule has 3 rings (SSSR count). The lowest BCUT2D eigenvalue weighted by Crippen LogP contribution is -2.54. The minimum atomic E-state index is -0.663.